The standard InChI is InChI=1S/C18H31N3OS/c1-6-16-9-7-8-10-20(16)17(22)12-23-18-19-14(4)15(5)21(18)11-13(2)3/h13,16H,6-12H2,1-5H3. The molecule has 1 aliphatic rings. The van der Waals surface area contributed by atoms with Crippen molar-refractivity contribution in [3.05, 3.63) is 11.4 Å². The molecule has 1 fully saturated rings. The van der Waals surface area contributed by atoms with Gasteiger partial charge in [-0.05, 0) is 45.4 Å². The Labute approximate surface area is 145 Å². The van der Waals surface area contributed by atoms with Crippen LogP contribution in [0.15, 0.2) is 5.16 Å². The second kappa shape index (κ2) is 8.22. The van der Waals surface area contributed by atoms with E-state index in [1.807, 2.05) is 0 Å². The van der Waals surface area contributed by atoms with E-state index >= 15 is 0 Å². The van der Waals surface area contributed by atoms with Gasteiger partial charge in [0.15, 0.2) is 5.16 Å². The molecular weight excluding hydrogens is 306 g/mol. The zero-order valence-corrected chi connectivity index (χ0v) is 16.1. The highest BCUT2D eigenvalue weighted by Crippen LogP contribution is 2.25. The minimum atomic E-state index is 0.274. The van der Waals surface area contributed by atoms with Crippen LogP contribution in [0.25, 0.3) is 0 Å². The quantitative estimate of drug-likeness (QED) is 0.735. The Morgan fingerprint density at radius 2 is 2.09 bits per heavy atom. The molecule has 0 saturated carbocycles. The molecular formula is C18H31N3OS. The highest BCUT2D eigenvalue weighted by Gasteiger charge is 2.25. The van der Waals surface area contributed by atoms with Crippen molar-refractivity contribution in [1.29, 1.82) is 0 Å². The predicted octanol–water partition coefficient (Wildman–Crippen LogP) is 4.04. The van der Waals surface area contributed by atoms with Gasteiger partial charge in [0.05, 0.1) is 11.4 Å². The Kier molecular flexibility index (Phi) is 6.57. The van der Waals surface area contributed by atoms with Crippen molar-refractivity contribution >= 4 is 17.7 Å². The molecule has 1 amide bonds. The Hall–Kier alpha value is -0.970. The van der Waals surface area contributed by atoms with Gasteiger partial charge >= 0.3 is 0 Å². The SMILES string of the molecule is CCC1CCCCN1C(=O)CSc1nc(C)c(C)n1CC(C)C. The zero-order chi connectivity index (χ0) is 17.0. The molecule has 0 aromatic carbocycles. The number of thioether (sulfide) groups is 1. The van der Waals surface area contributed by atoms with E-state index in [1.54, 1.807) is 11.8 Å². The number of likely N-dealkylation sites (tertiary alicyclic amines) is 1. The van der Waals surface area contributed by atoms with E-state index in [-0.39, 0.29) is 5.91 Å². The summed E-state index contributed by atoms with van der Waals surface area (Å²) in [4.78, 5) is 19.4. The lowest BCUT2D eigenvalue weighted by Gasteiger charge is -2.35. The molecule has 1 aromatic rings. The first-order valence-electron chi connectivity index (χ1n) is 8.90. The molecule has 1 aliphatic heterocycles. The largest absolute Gasteiger partial charge is 0.339 e. The van der Waals surface area contributed by atoms with Crippen LogP contribution in [-0.4, -0.2) is 38.7 Å². The van der Waals surface area contributed by atoms with Crippen molar-refractivity contribution in [2.24, 2.45) is 5.92 Å². The average molecular weight is 338 g/mol. The number of aromatic nitrogens is 2. The molecule has 2 rings (SSSR count). The summed E-state index contributed by atoms with van der Waals surface area (Å²) in [5.41, 5.74) is 2.29. The number of carbonyl (C=O) groups is 1. The van der Waals surface area contributed by atoms with Crippen LogP contribution in [0.4, 0.5) is 0 Å². The molecule has 1 unspecified atom stereocenters. The van der Waals surface area contributed by atoms with E-state index in [2.05, 4.69) is 49.1 Å². The third-order valence-corrected chi connectivity index (χ3v) is 5.68. The molecule has 130 valence electrons. The lowest BCUT2D eigenvalue weighted by molar-refractivity contribution is -0.132. The maximum absolute atomic E-state index is 12.6. The van der Waals surface area contributed by atoms with Crippen LogP contribution in [0.1, 0.15) is 57.8 Å². The van der Waals surface area contributed by atoms with Gasteiger partial charge in [0.25, 0.3) is 0 Å². The first-order valence-corrected chi connectivity index (χ1v) is 9.88. The van der Waals surface area contributed by atoms with Crippen LogP contribution in [0.5, 0.6) is 0 Å². The molecule has 23 heavy (non-hydrogen) atoms. The van der Waals surface area contributed by atoms with E-state index in [1.165, 1.54) is 12.1 Å². The van der Waals surface area contributed by atoms with E-state index in [4.69, 9.17) is 0 Å². The number of hydrogen-bond donors (Lipinski definition) is 0. The summed E-state index contributed by atoms with van der Waals surface area (Å²) in [6.45, 7) is 12.7. The van der Waals surface area contributed by atoms with Crippen molar-refractivity contribution in [2.45, 2.75) is 78.0 Å². The van der Waals surface area contributed by atoms with Crippen LogP contribution in [0.3, 0.4) is 0 Å². The van der Waals surface area contributed by atoms with Crippen LogP contribution >= 0.6 is 11.8 Å². The van der Waals surface area contributed by atoms with E-state index in [0.29, 0.717) is 17.7 Å². The molecule has 0 N–H and O–H groups in total. The number of hydrogen-bond acceptors (Lipinski definition) is 3. The predicted molar refractivity (Wildman–Crippen MR) is 96.9 cm³/mol. The summed E-state index contributed by atoms with van der Waals surface area (Å²) in [6.07, 6.45) is 4.63. The Morgan fingerprint density at radius 3 is 2.74 bits per heavy atom. The average Bonchev–Trinajstić information content (AvgIpc) is 2.79. The number of nitrogens with zero attached hydrogens (tertiary/aromatic N) is 3. The second-order valence-corrected chi connectivity index (χ2v) is 7.95. The van der Waals surface area contributed by atoms with Gasteiger partial charge < -0.3 is 9.47 Å². The highest BCUT2D eigenvalue weighted by atomic mass is 32.2. The number of piperidine rings is 1. The van der Waals surface area contributed by atoms with Crippen LogP contribution < -0.4 is 0 Å². The topological polar surface area (TPSA) is 38.1 Å². The zero-order valence-electron chi connectivity index (χ0n) is 15.3. The number of carbonyl (C=O) groups excluding carboxylic acids is 1. The number of imidazole rings is 1. The van der Waals surface area contributed by atoms with Crippen molar-refractivity contribution in [3.63, 3.8) is 0 Å². The van der Waals surface area contributed by atoms with Crippen molar-refractivity contribution in [1.82, 2.24) is 14.5 Å². The normalized spacial score (nSPS) is 18.7. The van der Waals surface area contributed by atoms with E-state index in [0.717, 1.165) is 43.2 Å². The van der Waals surface area contributed by atoms with Gasteiger partial charge in [-0.25, -0.2) is 4.98 Å². The van der Waals surface area contributed by atoms with Gasteiger partial charge in [0, 0.05) is 24.8 Å². The van der Waals surface area contributed by atoms with Crippen LogP contribution in [0.2, 0.25) is 0 Å². The molecule has 0 radical (unpaired) electrons. The molecule has 1 saturated heterocycles. The Balaban J connectivity index is 2.02. The molecule has 0 spiro atoms. The first-order chi connectivity index (χ1) is 10.9. The second-order valence-electron chi connectivity index (χ2n) is 7.00. The van der Waals surface area contributed by atoms with E-state index < -0.39 is 0 Å². The maximum atomic E-state index is 12.6. The third kappa shape index (κ3) is 4.52. The van der Waals surface area contributed by atoms with Crippen molar-refractivity contribution in [3.8, 4) is 0 Å². The van der Waals surface area contributed by atoms with Crippen LogP contribution in [-0.2, 0) is 11.3 Å². The van der Waals surface area contributed by atoms with Gasteiger partial charge in [0.1, 0.15) is 0 Å². The fourth-order valence-corrected chi connectivity index (χ4v) is 4.26. The maximum Gasteiger partial charge on any atom is 0.233 e. The summed E-state index contributed by atoms with van der Waals surface area (Å²) < 4.78 is 2.27. The summed E-state index contributed by atoms with van der Waals surface area (Å²) in [5, 5.41) is 0.993. The fourth-order valence-electron chi connectivity index (χ4n) is 3.28. The number of rotatable bonds is 6. The molecule has 5 heteroatoms. The lowest BCUT2D eigenvalue weighted by Crippen LogP contribution is -2.44. The van der Waals surface area contributed by atoms with Crippen molar-refractivity contribution in [2.75, 3.05) is 12.3 Å². The fraction of sp³-hybridized carbons (Fsp3) is 0.778. The molecule has 1 atom stereocenters. The molecule has 0 bridgehead atoms. The number of amides is 1. The Morgan fingerprint density at radius 1 is 1.35 bits per heavy atom. The molecule has 1 aromatic heterocycles. The van der Waals surface area contributed by atoms with Gasteiger partial charge in [-0.2, -0.15) is 0 Å². The molecule has 4 nitrogen and oxygen atoms in total. The Bertz CT molecular complexity index is 539. The number of aryl methyl sites for hydroxylation is 1. The summed E-state index contributed by atoms with van der Waals surface area (Å²) in [5.74, 6) is 1.35. The summed E-state index contributed by atoms with van der Waals surface area (Å²) in [7, 11) is 0. The first kappa shape index (κ1) is 18.4. The molecule has 2 heterocycles. The molecule has 0 aliphatic carbocycles. The van der Waals surface area contributed by atoms with E-state index in [9.17, 15) is 4.79 Å². The van der Waals surface area contributed by atoms with Gasteiger partial charge in [-0.1, -0.05) is 32.5 Å². The highest BCUT2D eigenvalue weighted by molar-refractivity contribution is 7.99. The van der Waals surface area contributed by atoms with Crippen molar-refractivity contribution < 1.29 is 4.79 Å². The smallest absolute Gasteiger partial charge is 0.233 e. The third-order valence-electron chi connectivity index (χ3n) is 4.71. The van der Waals surface area contributed by atoms with Gasteiger partial charge in [-0.3, -0.25) is 4.79 Å². The monoisotopic (exact) mass is 337 g/mol. The van der Waals surface area contributed by atoms with Gasteiger partial charge in [-0.15, -0.1) is 0 Å². The minimum absolute atomic E-state index is 0.274. The van der Waals surface area contributed by atoms with Crippen LogP contribution in [0, 0.1) is 19.8 Å². The minimum Gasteiger partial charge on any atom is -0.339 e. The summed E-state index contributed by atoms with van der Waals surface area (Å²) in [6, 6.07) is 0.440. The lowest BCUT2D eigenvalue weighted by atomic mass is 10.0. The van der Waals surface area contributed by atoms with Gasteiger partial charge in [0.2, 0.25) is 5.91 Å². The summed E-state index contributed by atoms with van der Waals surface area (Å²) >= 11 is 1.60.